The fourth-order valence-corrected chi connectivity index (χ4v) is 8.00. The molecule has 4 aromatic rings. The molecular weight excluding hydrogens is 667 g/mol. The summed E-state index contributed by atoms with van der Waals surface area (Å²) < 4.78 is 7.05. The lowest BCUT2D eigenvalue weighted by Crippen LogP contribution is -2.46. The van der Waals surface area contributed by atoms with E-state index in [0.29, 0.717) is 30.5 Å². The van der Waals surface area contributed by atoms with Crippen LogP contribution in [-0.2, 0) is 14.2 Å². The molecule has 0 radical (unpaired) electrons. The van der Waals surface area contributed by atoms with Gasteiger partial charge >= 0.3 is 7.12 Å². The van der Waals surface area contributed by atoms with Crippen LogP contribution in [0.4, 0.5) is 17.1 Å². The van der Waals surface area contributed by atoms with Crippen molar-refractivity contribution in [3.05, 3.63) is 130 Å². The van der Waals surface area contributed by atoms with Crippen molar-refractivity contribution in [3.8, 4) is 5.75 Å². The Morgan fingerprint density at radius 2 is 1.62 bits per heavy atom. The number of para-hydroxylation sites is 1. The van der Waals surface area contributed by atoms with Crippen molar-refractivity contribution in [1.29, 1.82) is 0 Å². The molecule has 7 nitrogen and oxygen atoms in total. The van der Waals surface area contributed by atoms with Crippen LogP contribution in [0.2, 0.25) is 6.32 Å². The van der Waals surface area contributed by atoms with E-state index in [2.05, 4.69) is 21.2 Å². The summed E-state index contributed by atoms with van der Waals surface area (Å²) in [6, 6.07) is 32.5. The molecule has 2 amide bonds. The second-order valence-corrected chi connectivity index (χ2v) is 13.7. The summed E-state index contributed by atoms with van der Waals surface area (Å²) in [6.45, 7) is 2.03. The van der Waals surface area contributed by atoms with Gasteiger partial charge in [0.15, 0.2) is 0 Å². The molecule has 9 heteroatoms. The van der Waals surface area contributed by atoms with Crippen molar-refractivity contribution in [3.63, 3.8) is 0 Å². The lowest BCUT2D eigenvalue weighted by Gasteiger charge is -2.42. The Balaban J connectivity index is 1.13. The van der Waals surface area contributed by atoms with Crippen LogP contribution in [0.25, 0.3) is 11.6 Å². The average Bonchev–Trinajstić information content (AvgIpc) is 3.34. The van der Waals surface area contributed by atoms with Gasteiger partial charge in [-0.15, -0.1) is 0 Å². The number of aromatic hydroxyl groups is 1. The Morgan fingerprint density at radius 3 is 2.35 bits per heavy atom. The van der Waals surface area contributed by atoms with Gasteiger partial charge in [-0.1, -0.05) is 70.0 Å². The van der Waals surface area contributed by atoms with Gasteiger partial charge in [0.25, 0.3) is 0 Å². The standard InChI is InChI=1S/C39H36BBrN2O5/c1-24-20-32-37(39(46)43(38(32)45)31-16-14-30(15-17-31)42-29-10-6-3-7-11-29)33-23-40(47)48-35(36(24)33)19-12-26(25-8-4-2-5-9-25)21-27-22-28(41)13-18-34(27)44/h2-11,13-18,21-22,32-33,35,37,42,44,47H,12,19-20,23H2,1H3/b26-21-/t32-,33+,35-,37-/m1/s1. The lowest BCUT2D eigenvalue weighted by molar-refractivity contribution is -0.122. The van der Waals surface area contributed by atoms with Crippen molar-refractivity contribution >= 4 is 63.6 Å². The highest BCUT2D eigenvalue weighted by atomic mass is 79.9. The number of imide groups is 1. The molecule has 3 N–H and O–H groups in total. The first-order valence-corrected chi connectivity index (χ1v) is 17.1. The second kappa shape index (κ2) is 13.6. The molecule has 2 aliphatic heterocycles. The van der Waals surface area contributed by atoms with Crippen LogP contribution in [0.5, 0.6) is 5.75 Å². The normalized spacial score (nSPS) is 22.5. The molecule has 0 aromatic heterocycles. The molecule has 2 saturated heterocycles. The number of carbonyl (C=O) groups is 2. The number of phenolic OH excluding ortho intramolecular Hbond substituents is 1. The topological polar surface area (TPSA) is 99.1 Å². The van der Waals surface area contributed by atoms with E-state index in [1.807, 2.05) is 104 Å². The van der Waals surface area contributed by atoms with Crippen molar-refractivity contribution in [1.82, 2.24) is 0 Å². The van der Waals surface area contributed by atoms with Crippen molar-refractivity contribution in [2.24, 2.45) is 17.8 Å². The Labute approximate surface area is 289 Å². The minimum Gasteiger partial charge on any atom is -0.507 e. The molecule has 4 atom stereocenters. The summed E-state index contributed by atoms with van der Waals surface area (Å²) in [4.78, 5) is 29.3. The molecule has 0 bridgehead atoms. The predicted molar refractivity (Wildman–Crippen MR) is 193 cm³/mol. The van der Waals surface area contributed by atoms with Crippen LogP contribution in [0.3, 0.4) is 0 Å². The van der Waals surface area contributed by atoms with Gasteiger partial charge in [-0.25, -0.2) is 0 Å². The van der Waals surface area contributed by atoms with Crippen molar-refractivity contribution in [2.75, 3.05) is 10.2 Å². The number of amides is 2. The maximum atomic E-state index is 14.1. The average molecular weight is 703 g/mol. The zero-order valence-electron chi connectivity index (χ0n) is 26.6. The fourth-order valence-electron chi connectivity index (χ4n) is 7.62. The predicted octanol–water partition coefficient (Wildman–Crippen LogP) is 8.24. The summed E-state index contributed by atoms with van der Waals surface area (Å²) >= 11 is 3.51. The number of anilines is 3. The van der Waals surface area contributed by atoms with Gasteiger partial charge in [-0.2, -0.15) is 0 Å². The van der Waals surface area contributed by atoms with Gasteiger partial charge in [0.1, 0.15) is 5.75 Å². The van der Waals surface area contributed by atoms with Gasteiger partial charge in [-0.3, -0.25) is 14.5 Å². The van der Waals surface area contributed by atoms with Crippen LogP contribution in [0.15, 0.2) is 119 Å². The Hall–Kier alpha value is -4.44. The third kappa shape index (κ3) is 6.38. The molecule has 0 saturated carbocycles. The highest BCUT2D eigenvalue weighted by molar-refractivity contribution is 9.10. The zero-order valence-corrected chi connectivity index (χ0v) is 28.1. The van der Waals surface area contributed by atoms with Gasteiger partial charge in [0, 0.05) is 21.4 Å². The molecule has 242 valence electrons. The first kappa shape index (κ1) is 32.1. The maximum Gasteiger partial charge on any atom is 0.455 e. The molecule has 3 aliphatic rings. The van der Waals surface area contributed by atoms with Crippen LogP contribution >= 0.6 is 15.9 Å². The fraction of sp³-hybridized carbons (Fsp3) is 0.231. The van der Waals surface area contributed by atoms with E-state index in [4.69, 9.17) is 4.65 Å². The smallest absolute Gasteiger partial charge is 0.455 e. The molecule has 4 aromatic carbocycles. The van der Waals surface area contributed by atoms with E-state index < -0.39 is 25.1 Å². The third-order valence-electron chi connectivity index (χ3n) is 9.78. The molecule has 7 rings (SSSR count). The van der Waals surface area contributed by atoms with Crippen LogP contribution < -0.4 is 10.2 Å². The Morgan fingerprint density at radius 1 is 0.938 bits per heavy atom. The monoisotopic (exact) mass is 702 g/mol. The minimum atomic E-state index is -1.05. The highest BCUT2D eigenvalue weighted by Gasteiger charge is 2.57. The van der Waals surface area contributed by atoms with E-state index in [0.717, 1.165) is 38.1 Å². The summed E-state index contributed by atoms with van der Waals surface area (Å²) in [6.07, 6.45) is 3.49. The number of hydrogen-bond acceptors (Lipinski definition) is 6. The maximum absolute atomic E-state index is 14.1. The van der Waals surface area contributed by atoms with Gasteiger partial charge in [0.05, 0.1) is 23.6 Å². The highest BCUT2D eigenvalue weighted by Crippen LogP contribution is 2.51. The van der Waals surface area contributed by atoms with Crippen LogP contribution in [0, 0.1) is 17.8 Å². The number of allylic oxidation sites excluding steroid dienone is 2. The van der Waals surface area contributed by atoms with E-state index >= 15 is 0 Å². The van der Waals surface area contributed by atoms with E-state index in [-0.39, 0.29) is 29.8 Å². The first-order chi connectivity index (χ1) is 23.3. The van der Waals surface area contributed by atoms with Crippen molar-refractivity contribution in [2.45, 2.75) is 38.6 Å². The molecule has 0 spiro atoms. The number of benzene rings is 4. The summed E-state index contributed by atoms with van der Waals surface area (Å²) in [5, 5.41) is 24.9. The van der Waals surface area contributed by atoms with Crippen molar-refractivity contribution < 1.29 is 24.4 Å². The Kier molecular flexibility index (Phi) is 9.10. The molecule has 0 unspecified atom stereocenters. The van der Waals surface area contributed by atoms with E-state index in [1.54, 1.807) is 12.1 Å². The van der Waals surface area contributed by atoms with Gasteiger partial charge in [0.2, 0.25) is 11.8 Å². The van der Waals surface area contributed by atoms with Gasteiger partial charge < -0.3 is 20.1 Å². The molecule has 2 heterocycles. The second-order valence-electron chi connectivity index (χ2n) is 12.8. The summed E-state index contributed by atoms with van der Waals surface area (Å²) in [5.41, 5.74) is 7.18. The Bertz CT molecular complexity index is 1900. The van der Waals surface area contributed by atoms with Crippen LogP contribution in [-0.4, -0.2) is 35.2 Å². The van der Waals surface area contributed by atoms with Crippen LogP contribution in [0.1, 0.15) is 37.3 Å². The lowest BCUT2D eigenvalue weighted by atomic mass is 9.58. The number of halogens is 1. The third-order valence-corrected chi connectivity index (χ3v) is 10.3. The number of phenols is 1. The number of nitrogens with one attached hydrogen (secondary N) is 1. The molecule has 1 aliphatic carbocycles. The number of rotatable bonds is 8. The minimum absolute atomic E-state index is 0.184. The zero-order chi connectivity index (χ0) is 33.4. The van der Waals surface area contributed by atoms with E-state index in [1.165, 1.54) is 4.90 Å². The SMILES string of the molecule is CC1=C2[C@@H](CC/C(=C/c3cc(Br)ccc3O)c3ccccc3)OB(O)C[C@@H]2[C@@H]2C(=O)N(c3ccc(Nc4ccccc4)cc3)C(=O)[C@@H]2C1. The quantitative estimate of drug-likeness (QED) is 0.0741. The summed E-state index contributed by atoms with van der Waals surface area (Å²) in [5.74, 6) is -1.54. The molecule has 2 fully saturated rings. The number of carbonyl (C=O) groups excluding carboxylic acids is 2. The molecule has 48 heavy (non-hydrogen) atoms. The largest absolute Gasteiger partial charge is 0.507 e. The first-order valence-electron chi connectivity index (χ1n) is 16.3. The number of nitrogens with zero attached hydrogens (tertiary/aromatic N) is 1. The van der Waals surface area contributed by atoms with Gasteiger partial charge in [-0.05, 0) is 116 Å². The molecular formula is C39H36BBrN2O5. The summed E-state index contributed by atoms with van der Waals surface area (Å²) in [7, 11) is -1.05. The van der Waals surface area contributed by atoms with E-state index in [9.17, 15) is 19.7 Å². The number of hydrogen-bond donors (Lipinski definition) is 3. The number of fused-ring (bicyclic) bond motifs is 3.